The molecule has 0 bridgehead atoms. The van der Waals surface area contributed by atoms with Gasteiger partial charge in [0.1, 0.15) is 6.07 Å². The van der Waals surface area contributed by atoms with Crippen LogP contribution in [0.4, 0.5) is 5.69 Å². The summed E-state index contributed by atoms with van der Waals surface area (Å²) < 4.78 is 2.28. The van der Waals surface area contributed by atoms with Gasteiger partial charge in [0, 0.05) is 30.5 Å². The van der Waals surface area contributed by atoms with E-state index in [1.54, 1.807) is 11.3 Å². The second-order valence-corrected chi connectivity index (χ2v) is 6.41. The molecular weight excluding hydrogens is 411 g/mol. The Hall–Kier alpha value is -0.580. The van der Waals surface area contributed by atoms with Gasteiger partial charge in [-0.3, -0.25) is 0 Å². The molecule has 0 unspecified atom stereocenters. The van der Waals surface area contributed by atoms with Crippen molar-refractivity contribution in [3.8, 4) is 6.07 Å². The Kier molecular flexibility index (Phi) is 4.42. The SMILES string of the molecule is N#Cc1csc(CNc2ccc(Br)c(I)c2)c1. The molecule has 0 saturated carbocycles. The molecule has 5 heteroatoms. The van der Waals surface area contributed by atoms with Gasteiger partial charge in [-0.05, 0) is 62.8 Å². The van der Waals surface area contributed by atoms with Gasteiger partial charge in [0.05, 0.1) is 5.56 Å². The molecule has 0 aliphatic heterocycles. The van der Waals surface area contributed by atoms with Crippen molar-refractivity contribution < 1.29 is 0 Å². The summed E-state index contributed by atoms with van der Waals surface area (Å²) >= 11 is 7.36. The number of hydrogen-bond donors (Lipinski definition) is 1. The Morgan fingerprint density at radius 3 is 2.88 bits per heavy atom. The van der Waals surface area contributed by atoms with Crippen LogP contribution in [0.2, 0.25) is 0 Å². The predicted octanol–water partition coefficient (Wildman–Crippen LogP) is 4.60. The van der Waals surface area contributed by atoms with Crippen molar-refractivity contribution in [1.29, 1.82) is 5.26 Å². The van der Waals surface area contributed by atoms with Crippen LogP contribution in [0.25, 0.3) is 0 Å². The van der Waals surface area contributed by atoms with Gasteiger partial charge in [0.15, 0.2) is 0 Å². The molecule has 86 valence electrons. The maximum absolute atomic E-state index is 8.73. The molecule has 1 aromatic heterocycles. The Morgan fingerprint density at radius 2 is 2.24 bits per heavy atom. The zero-order chi connectivity index (χ0) is 12.3. The van der Waals surface area contributed by atoms with E-state index in [-0.39, 0.29) is 0 Å². The normalized spacial score (nSPS) is 9.94. The van der Waals surface area contributed by atoms with E-state index in [9.17, 15) is 0 Å². The van der Waals surface area contributed by atoms with E-state index in [2.05, 4.69) is 56.0 Å². The molecular formula is C12H8BrIN2S. The van der Waals surface area contributed by atoms with E-state index < -0.39 is 0 Å². The Bertz CT molecular complexity index is 574. The lowest BCUT2D eigenvalue weighted by Gasteiger charge is -2.06. The maximum atomic E-state index is 8.73. The number of anilines is 1. The first-order chi connectivity index (χ1) is 8.19. The van der Waals surface area contributed by atoms with Crippen LogP contribution in [0.1, 0.15) is 10.4 Å². The second kappa shape index (κ2) is 5.85. The van der Waals surface area contributed by atoms with Crippen molar-refractivity contribution in [2.24, 2.45) is 0 Å². The zero-order valence-corrected chi connectivity index (χ0v) is 13.3. The summed E-state index contributed by atoms with van der Waals surface area (Å²) in [4.78, 5) is 1.17. The number of halogens is 2. The van der Waals surface area contributed by atoms with Crippen molar-refractivity contribution in [2.45, 2.75) is 6.54 Å². The number of nitriles is 1. The largest absolute Gasteiger partial charge is 0.380 e. The third kappa shape index (κ3) is 3.44. The molecule has 0 saturated heterocycles. The molecule has 0 aliphatic carbocycles. The first-order valence-corrected chi connectivity index (χ1v) is 7.60. The van der Waals surface area contributed by atoms with Gasteiger partial charge < -0.3 is 5.32 Å². The summed E-state index contributed by atoms with van der Waals surface area (Å²) in [6.07, 6.45) is 0. The lowest BCUT2D eigenvalue weighted by atomic mass is 10.3. The number of nitrogens with zero attached hydrogens (tertiary/aromatic N) is 1. The van der Waals surface area contributed by atoms with Gasteiger partial charge in [-0.25, -0.2) is 0 Å². The van der Waals surface area contributed by atoms with E-state index in [0.29, 0.717) is 0 Å². The fourth-order valence-corrected chi connectivity index (χ4v) is 2.84. The van der Waals surface area contributed by atoms with Gasteiger partial charge in [-0.1, -0.05) is 0 Å². The second-order valence-electron chi connectivity index (χ2n) is 3.40. The molecule has 0 fully saturated rings. The molecule has 0 amide bonds. The van der Waals surface area contributed by atoms with E-state index in [1.165, 1.54) is 8.45 Å². The van der Waals surface area contributed by atoms with Crippen LogP contribution in [0, 0.1) is 14.9 Å². The van der Waals surface area contributed by atoms with Gasteiger partial charge in [0.25, 0.3) is 0 Å². The summed E-state index contributed by atoms with van der Waals surface area (Å²) in [6, 6.07) is 10.2. The van der Waals surface area contributed by atoms with E-state index in [1.807, 2.05) is 23.6 Å². The molecule has 1 heterocycles. The van der Waals surface area contributed by atoms with Gasteiger partial charge in [0.2, 0.25) is 0 Å². The summed E-state index contributed by atoms with van der Waals surface area (Å²) in [7, 11) is 0. The maximum Gasteiger partial charge on any atom is 0.100 e. The predicted molar refractivity (Wildman–Crippen MR) is 83.2 cm³/mol. The molecule has 2 aromatic rings. The van der Waals surface area contributed by atoms with Crippen LogP contribution in [0.3, 0.4) is 0 Å². The van der Waals surface area contributed by atoms with E-state index in [4.69, 9.17) is 5.26 Å². The molecule has 2 nitrogen and oxygen atoms in total. The fraction of sp³-hybridized carbons (Fsp3) is 0.0833. The van der Waals surface area contributed by atoms with Crippen molar-refractivity contribution in [3.63, 3.8) is 0 Å². The summed E-state index contributed by atoms with van der Waals surface area (Å²) in [5.41, 5.74) is 1.82. The van der Waals surface area contributed by atoms with Gasteiger partial charge >= 0.3 is 0 Å². The Labute approximate surface area is 126 Å². The highest BCUT2D eigenvalue weighted by Crippen LogP contribution is 2.23. The fourth-order valence-electron chi connectivity index (χ4n) is 1.33. The molecule has 0 radical (unpaired) electrons. The third-order valence-electron chi connectivity index (χ3n) is 2.17. The van der Waals surface area contributed by atoms with Crippen LogP contribution in [0.5, 0.6) is 0 Å². The molecule has 0 atom stereocenters. The summed E-state index contributed by atoms with van der Waals surface area (Å²) in [6.45, 7) is 0.754. The quantitative estimate of drug-likeness (QED) is 0.739. The highest BCUT2D eigenvalue weighted by atomic mass is 127. The van der Waals surface area contributed by atoms with Crippen molar-refractivity contribution in [2.75, 3.05) is 5.32 Å². The van der Waals surface area contributed by atoms with Crippen LogP contribution in [-0.4, -0.2) is 0 Å². The van der Waals surface area contributed by atoms with E-state index in [0.717, 1.165) is 22.3 Å². The topological polar surface area (TPSA) is 35.8 Å². The first-order valence-electron chi connectivity index (χ1n) is 4.85. The van der Waals surface area contributed by atoms with Crippen molar-refractivity contribution in [3.05, 3.63) is 48.1 Å². The molecule has 2 rings (SSSR count). The molecule has 1 aromatic carbocycles. The number of rotatable bonds is 3. The highest BCUT2D eigenvalue weighted by molar-refractivity contribution is 14.1. The van der Waals surface area contributed by atoms with Crippen LogP contribution in [-0.2, 0) is 6.54 Å². The van der Waals surface area contributed by atoms with Crippen LogP contribution >= 0.6 is 49.9 Å². The number of thiophene rings is 1. The number of nitrogens with one attached hydrogen (secondary N) is 1. The summed E-state index contributed by atoms with van der Waals surface area (Å²) in [5, 5.41) is 14.0. The zero-order valence-electron chi connectivity index (χ0n) is 8.71. The van der Waals surface area contributed by atoms with Gasteiger partial charge in [-0.15, -0.1) is 11.3 Å². The summed E-state index contributed by atoms with van der Waals surface area (Å²) in [5.74, 6) is 0. The lowest BCUT2D eigenvalue weighted by Crippen LogP contribution is -1.97. The molecule has 1 N–H and O–H groups in total. The third-order valence-corrected chi connectivity index (χ3v) is 5.43. The first kappa shape index (κ1) is 12.9. The average Bonchev–Trinajstić information content (AvgIpc) is 2.79. The minimum Gasteiger partial charge on any atom is -0.380 e. The van der Waals surface area contributed by atoms with E-state index >= 15 is 0 Å². The minimum atomic E-state index is 0.734. The van der Waals surface area contributed by atoms with Gasteiger partial charge in [-0.2, -0.15) is 5.26 Å². The molecule has 0 spiro atoms. The average molecular weight is 419 g/mol. The lowest BCUT2D eigenvalue weighted by molar-refractivity contribution is 1.19. The smallest absolute Gasteiger partial charge is 0.100 e. The standard InChI is InChI=1S/C12H8BrIN2S/c13-11-2-1-9(4-12(11)14)16-6-10-3-8(5-15)7-17-10/h1-4,7,16H,6H2. The van der Waals surface area contributed by atoms with Crippen molar-refractivity contribution in [1.82, 2.24) is 0 Å². The Balaban J connectivity index is 2.02. The molecule has 0 aliphatic rings. The molecule has 17 heavy (non-hydrogen) atoms. The minimum absolute atomic E-state index is 0.734. The number of benzene rings is 1. The number of hydrogen-bond acceptors (Lipinski definition) is 3. The van der Waals surface area contributed by atoms with Crippen LogP contribution < -0.4 is 5.32 Å². The highest BCUT2D eigenvalue weighted by Gasteiger charge is 2.01. The van der Waals surface area contributed by atoms with Crippen LogP contribution in [0.15, 0.2) is 34.1 Å². The van der Waals surface area contributed by atoms with Crippen molar-refractivity contribution >= 4 is 55.5 Å². The Morgan fingerprint density at radius 1 is 1.41 bits per heavy atom. The monoisotopic (exact) mass is 418 g/mol.